The van der Waals surface area contributed by atoms with Crippen LogP contribution in [-0.2, 0) is 11.3 Å². The Morgan fingerprint density at radius 2 is 2.04 bits per heavy atom. The van der Waals surface area contributed by atoms with Crippen LogP contribution < -0.4 is 16.0 Å². The number of hydrazine groups is 1. The Balaban J connectivity index is 1.87. The average Bonchev–Trinajstić information content (AvgIpc) is 2.56. The Labute approximate surface area is 139 Å². The Kier molecular flexibility index (Phi) is 6.86. The fourth-order valence-corrected chi connectivity index (χ4v) is 2.89. The molecular weight excluding hydrogens is 290 g/mol. The predicted molar refractivity (Wildman–Crippen MR) is 91.7 cm³/mol. The van der Waals surface area contributed by atoms with E-state index in [0.717, 1.165) is 51.3 Å². The molecule has 0 bridgehead atoms. The number of para-hydroxylation sites is 1. The van der Waals surface area contributed by atoms with Gasteiger partial charge in [-0.05, 0) is 44.3 Å². The second-order valence-electron chi connectivity index (χ2n) is 6.70. The Bertz CT molecular complexity index is 497. The number of amides is 1. The van der Waals surface area contributed by atoms with Crippen LogP contribution in [0.1, 0.15) is 38.7 Å². The van der Waals surface area contributed by atoms with Crippen LogP contribution in [0.3, 0.4) is 0 Å². The lowest BCUT2D eigenvalue weighted by molar-refractivity contribution is -0.126. The number of likely N-dealkylation sites (tertiary alicyclic amines) is 1. The van der Waals surface area contributed by atoms with Crippen molar-refractivity contribution in [3.05, 3.63) is 29.8 Å². The molecule has 0 unspecified atom stereocenters. The molecule has 3 N–H and O–H groups in total. The van der Waals surface area contributed by atoms with Crippen molar-refractivity contribution in [1.29, 1.82) is 0 Å². The summed E-state index contributed by atoms with van der Waals surface area (Å²) in [6.45, 7) is 7.87. The van der Waals surface area contributed by atoms with Crippen LogP contribution in [0.25, 0.3) is 0 Å². The van der Waals surface area contributed by atoms with Gasteiger partial charge in [0.15, 0.2) is 0 Å². The van der Waals surface area contributed by atoms with Crippen molar-refractivity contribution >= 4 is 5.91 Å². The third kappa shape index (κ3) is 5.52. The fraction of sp³-hybridized carbons (Fsp3) is 0.611. The van der Waals surface area contributed by atoms with Crippen molar-refractivity contribution < 1.29 is 9.53 Å². The van der Waals surface area contributed by atoms with Crippen molar-refractivity contribution in [1.82, 2.24) is 10.3 Å². The Morgan fingerprint density at radius 3 is 2.70 bits per heavy atom. The first-order chi connectivity index (χ1) is 11.1. The lowest BCUT2D eigenvalue weighted by atomic mass is 9.96. The van der Waals surface area contributed by atoms with E-state index in [-0.39, 0.29) is 11.8 Å². The molecule has 128 valence electrons. The number of carbonyl (C=O) groups excluding carboxylic acids is 1. The lowest BCUT2D eigenvalue weighted by Gasteiger charge is -2.31. The second-order valence-corrected chi connectivity index (χ2v) is 6.70. The number of nitrogens with zero attached hydrogens (tertiary/aromatic N) is 1. The van der Waals surface area contributed by atoms with Gasteiger partial charge >= 0.3 is 0 Å². The van der Waals surface area contributed by atoms with Gasteiger partial charge in [-0.25, -0.2) is 5.84 Å². The molecule has 0 spiro atoms. The van der Waals surface area contributed by atoms with E-state index >= 15 is 0 Å². The van der Waals surface area contributed by atoms with Crippen LogP contribution >= 0.6 is 0 Å². The SMILES string of the molecule is CC(C)CCOc1ccccc1CN1CCC(C(=O)NN)CC1. The summed E-state index contributed by atoms with van der Waals surface area (Å²) in [6, 6.07) is 8.25. The van der Waals surface area contributed by atoms with Crippen LogP contribution in [-0.4, -0.2) is 30.5 Å². The van der Waals surface area contributed by atoms with E-state index in [2.05, 4.69) is 36.3 Å². The summed E-state index contributed by atoms with van der Waals surface area (Å²) >= 11 is 0. The van der Waals surface area contributed by atoms with E-state index in [9.17, 15) is 4.79 Å². The predicted octanol–water partition coefficient (Wildman–Crippen LogP) is 2.31. The minimum atomic E-state index is -0.0398. The van der Waals surface area contributed by atoms with Crippen molar-refractivity contribution in [3.63, 3.8) is 0 Å². The number of piperidine rings is 1. The van der Waals surface area contributed by atoms with Gasteiger partial charge < -0.3 is 4.74 Å². The third-order valence-electron chi connectivity index (χ3n) is 4.42. The van der Waals surface area contributed by atoms with Gasteiger partial charge in [0.2, 0.25) is 5.91 Å². The monoisotopic (exact) mass is 319 g/mol. The number of ether oxygens (including phenoxy) is 1. The quantitative estimate of drug-likeness (QED) is 0.460. The number of rotatable bonds is 7. The molecule has 1 heterocycles. The number of carbonyl (C=O) groups is 1. The molecule has 0 radical (unpaired) electrons. The van der Waals surface area contributed by atoms with Crippen LogP contribution in [0, 0.1) is 11.8 Å². The topological polar surface area (TPSA) is 67.6 Å². The minimum Gasteiger partial charge on any atom is -0.493 e. The zero-order chi connectivity index (χ0) is 16.7. The summed E-state index contributed by atoms with van der Waals surface area (Å²) in [5.41, 5.74) is 3.48. The highest BCUT2D eigenvalue weighted by molar-refractivity contribution is 5.78. The molecule has 0 saturated carbocycles. The van der Waals surface area contributed by atoms with E-state index in [4.69, 9.17) is 10.6 Å². The number of hydrogen-bond acceptors (Lipinski definition) is 4. The maximum atomic E-state index is 11.6. The third-order valence-corrected chi connectivity index (χ3v) is 4.42. The van der Waals surface area contributed by atoms with Crippen LogP contribution in [0.5, 0.6) is 5.75 Å². The average molecular weight is 319 g/mol. The van der Waals surface area contributed by atoms with Crippen molar-refractivity contribution in [2.75, 3.05) is 19.7 Å². The van der Waals surface area contributed by atoms with Gasteiger partial charge in [0.1, 0.15) is 5.75 Å². The highest BCUT2D eigenvalue weighted by Gasteiger charge is 2.24. The number of benzene rings is 1. The van der Waals surface area contributed by atoms with Gasteiger partial charge in [-0.15, -0.1) is 0 Å². The molecule has 1 saturated heterocycles. The molecule has 1 fully saturated rings. The normalized spacial score (nSPS) is 16.5. The van der Waals surface area contributed by atoms with Gasteiger partial charge in [0, 0.05) is 18.0 Å². The van der Waals surface area contributed by atoms with Crippen molar-refractivity contribution in [3.8, 4) is 5.75 Å². The first-order valence-corrected chi connectivity index (χ1v) is 8.53. The molecule has 1 aliphatic heterocycles. The molecule has 5 heteroatoms. The Morgan fingerprint density at radius 1 is 1.35 bits per heavy atom. The zero-order valence-corrected chi connectivity index (χ0v) is 14.3. The smallest absolute Gasteiger partial charge is 0.237 e. The molecule has 1 aromatic rings. The summed E-state index contributed by atoms with van der Waals surface area (Å²) in [7, 11) is 0. The molecule has 23 heavy (non-hydrogen) atoms. The van der Waals surface area contributed by atoms with Crippen molar-refractivity contribution in [2.45, 2.75) is 39.7 Å². The molecule has 1 amide bonds. The first kappa shape index (κ1) is 17.8. The minimum absolute atomic E-state index is 0.0398. The highest BCUT2D eigenvalue weighted by atomic mass is 16.5. The van der Waals surface area contributed by atoms with Gasteiger partial charge in [0.25, 0.3) is 0 Å². The Hall–Kier alpha value is -1.59. The second kappa shape index (κ2) is 8.89. The summed E-state index contributed by atoms with van der Waals surface area (Å²) in [4.78, 5) is 14.0. The first-order valence-electron chi connectivity index (χ1n) is 8.53. The summed E-state index contributed by atoms with van der Waals surface area (Å²) in [5.74, 6) is 6.86. The number of nitrogens with two attached hydrogens (primary N) is 1. The highest BCUT2D eigenvalue weighted by Crippen LogP contribution is 2.24. The molecule has 0 atom stereocenters. The zero-order valence-electron chi connectivity index (χ0n) is 14.3. The molecule has 0 aromatic heterocycles. The standard InChI is InChI=1S/C18H29N3O2/c1-14(2)9-12-23-17-6-4-3-5-16(17)13-21-10-7-15(8-11-21)18(22)20-19/h3-6,14-15H,7-13,19H2,1-2H3,(H,20,22). The maximum absolute atomic E-state index is 11.6. The molecular formula is C18H29N3O2. The fourth-order valence-electron chi connectivity index (χ4n) is 2.89. The van der Waals surface area contributed by atoms with E-state index in [1.54, 1.807) is 0 Å². The lowest BCUT2D eigenvalue weighted by Crippen LogP contribution is -2.42. The maximum Gasteiger partial charge on any atom is 0.237 e. The molecule has 1 aromatic carbocycles. The molecule has 1 aliphatic rings. The van der Waals surface area contributed by atoms with E-state index in [0.29, 0.717) is 5.92 Å². The van der Waals surface area contributed by atoms with Crippen LogP contribution in [0.4, 0.5) is 0 Å². The van der Waals surface area contributed by atoms with Gasteiger partial charge in [-0.3, -0.25) is 15.1 Å². The van der Waals surface area contributed by atoms with Crippen molar-refractivity contribution in [2.24, 2.45) is 17.7 Å². The summed E-state index contributed by atoms with van der Waals surface area (Å²) in [6.07, 6.45) is 2.78. The van der Waals surface area contributed by atoms with E-state index < -0.39 is 0 Å². The van der Waals surface area contributed by atoms with E-state index in [1.807, 2.05) is 12.1 Å². The van der Waals surface area contributed by atoms with Gasteiger partial charge in [-0.2, -0.15) is 0 Å². The summed E-state index contributed by atoms with van der Waals surface area (Å²) < 4.78 is 5.96. The molecule has 5 nitrogen and oxygen atoms in total. The van der Waals surface area contributed by atoms with E-state index in [1.165, 1.54) is 5.56 Å². The number of nitrogens with one attached hydrogen (secondary N) is 1. The van der Waals surface area contributed by atoms with Gasteiger partial charge in [0.05, 0.1) is 6.61 Å². The number of hydrogen-bond donors (Lipinski definition) is 2. The van der Waals surface area contributed by atoms with Crippen LogP contribution in [0.2, 0.25) is 0 Å². The largest absolute Gasteiger partial charge is 0.493 e. The van der Waals surface area contributed by atoms with Crippen LogP contribution in [0.15, 0.2) is 24.3 Å². The molecule has 0 aliphatic carbocycles. The van der Waals surface area contributed by atoms with Gasteiger partial charge in [-0.1, -0.05) is 32.0 Å². The summed E-state index contributed by atoms with van der Waals surface area (Å²) in [5, 5.41) is 0. The molecule has 2 rings (SSSR count).